The molecule has 2 nitrogen and oxygen atoms in total. The minimum Gasteiger partial charge on any atom is -0.336 e. The highest BCUT2D eigenvalue weighted by atomic mass is 15.3. The molecule has 0 N–H and O–H groups in total. The highest BCUT2D eigenvalue weighted by Gasteiger charge is 2.13. The second kappa shape index (κ2) is 7.21. The molecule has 0 saturated carbocycles. The summed E-state index contributed by atoms with van der Waals surface area (Å²) in [6.45, 7) is 21.6. The maximum Gasteiger partial charge on any atom is 0.105 e. The van der Waals surface area contributed by atoms with Crippen LogP contribution in [0.25, 0.3) is 0 Å². The maximum atomic E-state index is 4.13. The molecule has 98 valence electrons. The van der Waals surface area contributed by atoms with Crippen molar-refractivity contribution in [2.75, 3.05) is 13.6 Å². The van der Waals surface area contributed by atoms with E-state index in [1.807, 2.05) is 25.8 Å². The van der Waals surface area contributed by atoms with Crippen LogP contribution in [0.5, 0.6) is 0 Å². The second-order valence-electron chi connectivity index (χ2n) is 4.90. The second-order valence-corrected chi connectivity index (χ2v) is 4.90. The quantitative estimate of drug-likeness (QED) is 0.623. The zero-order valence-corrected chi connectivity index (χ0v) is 12.2. The SMILES string of the molecule is C=C(C)N(C)C(=C)N(CCC(C)CC)C(=C)C. The highest BCUT2D eigenvalue weighted by Crippen LogP contribution is 2.18. The summed E-state index contributed by atoms with van der Waals surface area (Å²) in [5.41, 5.74) is 2.02. The van der Waals surface area contributed by atoms with Crippen LogP contribution in [0.2, 0.25) is 0 Å². The molecular weight excluding hydrogens is 208 g/mol. The first-order valence-corrected chi connectivity index (χ1v) is 6.32. The summed E-state index contributed by atoms with van der Waals surface area (Å²) in [6.07, 6.45) is 2.37. The molecule has 1 atom stereocenters. The Morgan fingerprint density at radius 1 is 1.12 bits per heavy atom. The molecule has 0 spiro atoms. The smallest absolute Gasteiger partial charge is 0.105 e. The molecule has 0 saturated heterocycles. The van der Waals surface area contributed by atoms with Crippen molar-refractivity contribution in [3.8, 4) is 0 Å². The molecule has 0 aromatic rings. The molecule has 17 heavy (non-hydrogen) atoms. The fourth-order valence-electron chi connectivity index (χ4n) is 1.50. The maximum absolute atomic E-state index is 4.13. The first kappa shape index (κ1) is 15.8. The molecule has 0 radical (unpaired) electrons. The predicted molar refractivity (Wildman–Crippen MR) is 77.3 cm³/mol. The molecule has 0 aromatic carbocycles. The van der Waals surface area contributed by atoms with Gasteiger partial charge in [-0.2, -0.15) is 0 Å². The van der Waals surface area contributed by atoms with Gasteiger partial charge in [-0.05, 0) is 26.2 Å². The lowest BCUT2D eigenvalue weighted by molar-refractivity contribution is 0.295. The summed E-state index contributed by atoms with van der Waals surface area (Å²) < 4.78 is 0. The molecular formula is C15H28N2. The summed E-state index contributed by atoms with van der Waals surface area (Å²) >= 11 is 0. The van der Waals surface area contributed by atoms with Gasteiger partial charge in [0, 0.05) is 25.0 Å². The van der Waals surface area contributed by atoms with Gasteiger partial charge < -0.3 is 9.80 Å². The molecule has 0 heterocycles. The van der Waals surface area contributed by atoms with Gasteiger partial charge in [-0.3, -0.25) is 0 Å². The summed E-state index contributed by atoms with van der Waals surface area (Å²) in [6, 6.07) is 0. The fraction of sp³-hybridized carbons (Fsp3) is 0.600. The van der Waals surface area contributed by atoms with Crippen LogP contribution in [0.1, 0.15) is 40.5 Å². The number of allylic oxidation sites excluding steroid dienone is 2. The summed E-state index contributed by atoms with van der Waals surface area (Å²) in [5, 5.41) is 0. The van der Waals surface area contributed by atoms with Crippen molar-refractivity contribution >= 4 is 0 Å². The van der Waals surface area contributed by atoms with Gasteiger partial charge in [0.1, 0.15) is 5.82 Å². The van der Waals surface area contributed by atoms with Crippen LogP contribution >= 0.6 is 0 Å². The Labute approximate surface area is 107 Å². The van der Waals surface area contributed by atoms with Crippen molar-refractivity contribution < 1.29 is 0 Å². The van der Waals surface area contributed by atoms with Crippen molar-refractivity contribution in [2.24, 2.45) is 5.92 Å². The van der Waals surface area contributed by atoms with Crippen LogP contribution in [0.4, 0.5) is 0 Å². The number of hydrogen-bond acceptors (Lipinski definition) is 2. The predicted octanol–water partition coefficient (Wildman–Crippen LogP) is 4.19. The molecule has 0 rings (SSSR count). The first-order chi connectivity index (χ1) is 7.81. The number of rotatable bonds is 8. The Bertz CT molecular complexity index is 291. The lowest BCUT2D eigenvalue weighted by Gasteiger charge is -2.34. The Balaban J connectivity index is 4.58. The van der Waals surface area contributed by atoms with E-state index in [0.717, 1.165) is 36.1 Å². The van der Waals surface area contributed by atoms with Gasteiger partial charge in [0.05, 0.1) is 0 Å². The van der Waals surface area contributed by atoms with Crippen molar-refractivity contribution in [2.45, 2.75) is 40.5 Å². The van der Waals surface area contributed by atoms with Crippen molar-refractivity contribution in [3.63, 3.8) is 0 Å². The number of nitrogens with zero attached hydrogens (tertiary/aromatic N) is 2. The minimum atomic E-state index is 0.736. The van der Waals surface area contributed by atoms with E-state index in [4.69, 9.17) is 0 Å². The van der Waals surface area contributed by atoms with E-state index in [1.54, 1.807) is 0 Å². The average Bonchev–Trinajstić information content (AvgIpc) is 2.26. The van der Waals surface area contributed by atoms with Gasteiger partial charge in [-0.1, -0.05) is 40.0 Å². The monoisotopic (exact) mass is 236 g/mol. The van der Waals surface area contributed by atoms with Crippen LogP contribution in [-0.2, 0) is 0 Å². The molecule has 0 aliphatic rings. The molecule has 0 aliphatic carbocycles. The Morgan fingerprint density at radius 3 is 2.00 bits per heavy atom. The van der Waals surface area contributed by atoms with E-state index < -0.39 is 0 Å². The third-order valence-electron chi connectivity index (χ3n) is 3.27. The van der Waals surface area contributed by atoms with Crippen LogP contribution in [0, 0.1) is 5.92 Å². The molecule has 0 aromatic heterocycles. The molecule has 0 fully saturated rings. The van der Waals surface area contributed by atoms with Gasteiger partial charge in [-0.25, -0.2) is 0 Å². The molecule has 0 bridgehead atoms. The zero-order chi connectivity index (χ0) is 13.6. The number of hydrogen-bond donors (Lipinski definition) is 0. The minimum absolute atomic E-state index is 0.736. The van der Waals surface area contributed by atoms with Gasteiger partial charge in [0.25, 0.3) is 0 Å². The highest BCUT2D eigenvalue weighted by molar-refractivity contribution is 5.09. The Hall–Kier alpha value is -1.18. The molecule has 1 unspecified atom stereocenters. The standard InChI is InChI=1S/C15H28N2/c1-9-14(6)10-11-17(13(4)5)15(7)16(8)12(2)3/h14H,2,4,7,9-11H2,1,3,5-6,8H3. The van der Waals surface area contributed by atoms with Gasteiger partial charge in [0.15, 0.2) is 0 Å². The Morgan fingerprint density at radius 2 is 1.65 bits per heavy atom. The van der Waals surface area contributed by atoms with Crippen molar-refractivity contribution in [1.29, 1.82) is 0 Å². The summed E-state index contributed by atoms with van der Waals surface area (Å²) in [5.74, 6) is 1.69. The van der Waals surface area contributed by atoms with Crippen molar-refractivity contribution in [3.05, 3.63) is 37.0 Å². The van der Waals surface area contributed by atoms with Gasteiger partial charge >= 0.3 is 0 Å². The topological polar surface area (TPSA) is 6.48 Å². The first-order valence-electron chi connectivity index (χ1n) is 6.32. The molecule has 2 heteroatoms. The van der Waals surface area contributed by atoms with Crippen LogP contribution < -0.4 is 0 Å². The fourth-order valence-corrected chi connectivity index (χ4v) is 1.50. The van der Waals surface area contributed by atoms with E-state index in [2.05, 4.69) is 38.5 Å². The van der Waals surface area contributed by atoms with Gasteiger partial charge in [0.2, 0.25) is 0 Å². The summed E-state index contributed by atoms with van der Waals surface area (Å²) in [4.78, 5) is 4.17. The van der Waals surface area contributed by atoms with E-state index >= 15 is 0 Å². The summed E-state index contributed by atoms with van der Waals surface area (Å²) in [7, 11) is 1.99. The third kappa shape index (κ3) is 5.12. The van der Waals surface area contributed by atoms with Gasteiger partial charge in [-0.15, -0.1) is 0 Å². The normalized spacial score (nSPS) is 11.8. The Kier molecular flexibility index (Phi) is 6.71. The van der Waals surface area contributed by atoms with Crippen LogP contribution in [0.3, 0.4) is 0 Å². The average molecular weight is 236 g/mol. The van der Waals surface area contributed by atoms with E-state index in [1.165, 1.54) is 6.42 Å². The lowest BCUT2D eigenvalue weighted by atomic mass is 10.1. The lowest BCUT2D eigenvalue weighted by Crippen LogP contribution is -2.31. The molecule has 0 aliphatic heterocycles. The zero-order valence-electron chi connectivity index (χ0n) is 12.2. The largest absolute Gasteiger partial charge is 0.336 e. The van der Waals surface area contributed by atoms with E-state index in [-0.39, 0.29) is 0 Å². The van der Waals surface area contributed by atoms with E-state index in [9.17, 15) is 0 Å². The van der Waals surface area contributed by atoms with Crippen molar-refractivity contribution in [1.82, 2.24) is 9.80 Å². The molecule has 0 amide bonds. The van der Waals surface area contributed by atoms with E-state index in [0.29, 0.717) is 0 Å². The third-order valence-corrected chi connectivity index (χ3v) is 3.27. The van der Waals surface area contributed by atoms with Crippen LogP contribution in [-0.4, -0.2) is 23.4 Å². The van der Waals surface area contributed by atoms with Crippen LogP contribution in [0.15, 0.2) is 37.0 Å².